The molecule has 0 bridgehead atoms. The van der Waals surface area contributed by atoms with Crippen LogP contribution in [0, 0.1) is 23.0 Å². The molecule has 0 aromatic heterocycles. The molecule has 1 amide bonds. The molecule has 1 atom stereocenters. The van der Waals surface area contributed by atoms with Crippen LogP contribution in [0.3, 0.4) is 0 Å². The van der Waals surface area contributed by atoms with Crippen LogP contribution in [0.2, 0.25) is 0 Å². The van der Waals surface area contributed by atoms with E-state index < -0.39 is 22.7 Å². The summed E-state index contributed by atoms with van der Waals surface area (Å²) in [5, 5.41) is 23.1. The summed E-state index contributed by atoms with van der Waals surface area (Å²) >= 11 is 0. The van der Waals surface area contributed by atoms with Gasteiger partial charge in [-0.15, -0.1) is 0 Å². The summed E-state index contributed by atoms with van der Waals surface area (Å²) in [5.41, 5.74) is 1.07. The molecule has 28 heavy (non-hydrogen) atoms. The van der Waals surface area contributed by atoms with Crippen molar-refractivity contribution in [2.24, 2.45) is 5.92 Å². The van der Waals surface area contributed by atoms with Gasteiger partial charge in [0, 0.05) is 12.6 Å². The number of carboxylic acids is 1. The van der Waals surface area contributed by atoms with Gasteiger partial charge in [0.1, 0.15) is 11.3 Å². The Morgan fingerprint density at radius 1 is 1.21 bits per heavy atom. The summed E-state index contributed by atoms with van der Waals surface area (Å²) in [6.45, 7) is 3.97. The summed E-state index contributed by atoms with van der Waals surface area (Å²) < 4.78 is 5.35. The van der Waals surface area contributed by atoms with Gasteiger partial charge >= 0.3 is 5.97 Å². The third-order valence-electron chi connectivity index (χ3n) is 4.17. The molecular formula is C20H22N2O6. The Bertz CT molecular complexity index is 863. The highest BCUT2D eigenvalue weighted by molar-refractivity contribution is 5.98. The highest BCUT2D eigenvalue weighted by atomic mass is 16.6. The predicted molar refractivity (Wildman–Crippen MR) is 103 cm³/mol. The third kappa shape index (κ3) is 5.54. The van der Waals surface area contributed by atoms with Crippen LogP contribution in [-0.2, 0) is 11.2 Å². The zero-order valence-corrected chi connectivity index (χ0v) is 15.7. The number of carbonyl (C=O) groups is 2. The number of carbonyl (C=O) groups excluding carboxylic acids is 1. The fourth-order valence-corrected chi connectivity index (χ4v) is 2.72. The Kier molecular flexibility index (Phi) is 7.08. The van der Waals surface area contributed by atoms with Crippen molar-refractivity contribution < 1.29 is 24.4 Å². The zero-order valence-electron chi connectivity index (χ0n) is 15.7. The minimum Gasteiger partial charge on any atom is -0.494 e. The quantitative estimate of drug-likeness (QED) is 0.505. The third-order valence-corrected chi connectivity index (χ3v) is 4.17. The second-order valence-corrected chi connectivity index (χ2v) is 6.30. The van der Waals surface area contributed by atoms with Crippen LogP contribution in [0.4, 0.5) is 5.69 Å². The highest BCUT2D eigenvalue weighted by Crippen LogP contribution is 2.20. The van der Waals surface area contributed by atoms with Crippen molar-refractivity contribution >= 4 is 17.6 Å². The second-order valence-electron chi connectivity index (χ2n) is 6.30. The van der Waals surface area contributed by atoms with Crippen LogP contribution in [-0.4, -0.2) is 35.1 Å². The van der Waals surface area contributed by atoms with Crippen molar-refractivity contribution in [3.05, 3.63) is 69.3 Å². The minimum atomic E-state index is -1.06. The number of ether oxygens (including phenoxy) is 1. The Labute approximate surface area is 162 Å². The topological polar surface area (TPSA) is 119 Å². The maximum Gasteiger partial charge on any atom is 0.308 e. The molecule has 2 N–H and O–H groups in total. The van der Waals surface area contributed by atoms with Gasteiger partial charge in [0.05, 0.1) is 17.4 Å². The van der Waals surface area contributed by atoms with E-state index in [0.717, 1.165) is 5.56 Å². The lowest BCUT2D eigenvalue weighted by molar-refractivity contribution is -0.385. The Hall–Kier alpha value is -3.42. The van der Waals surface area contributed by atoms with E-state index >= 15 is 0 Å². The van der Waals surface area contributed by atoms with Gasteiger partial charge in [-0.05, 0) is 49.6 Å². The normalized spacial score (nSPS) is 11.5. The van der Waals surface area contributed by atoms with E-state index in [1.807, 2.05) is 6.92 Å². The maximum absolute atomic E-state index is 12.4. The van der Waals surface area contributed by atoms with Gasteiger partial charge in [0.15, 0.2) is 0 Å². The van der Waals surface area contributed by atoms with Gasteiger partial charge in [-0.1, -0.05) is 18.2 Å². The lowest BCUT2D eigenvalue weighted by Crippen LogP contribution is -2.34. The highest BCUT2D eigenvalue weighted by Gasteiger charge is 2.23. The molecule has 2 rings (SSSR count). The molecular weight excluding hydrogens is 364 g/mol. The predicted octanol–water partition coefficient (Wildman–Crippen LogP) is 2.98. The number of nitro groups is 1. The van der Waals surface area contributed by atoms with E-state index in [1.54, 1.807) is 37.3 Å². The monoisotopic (exact) mass is 386 g/mol. The van der Waals surface area contributed by atoms with Crippen LogP contribution < -0.4 is 10.1 Å². The molecule has 148 valence electrons. The van der Waals surface area contributed by atoms with E-state index in [2.05, 4.69) is 5.32 Å². The van der Waals surface area contributed by atoms with Gasteiger partial charge in [0.2, 0.25) is 0 Å². The lowest BCUT2D eigenvalue weighted by atomic mass is 9.99. The largest absolute Gasteiger partial charge is 0.494 e. The van der Waals surface area contributed by atoms with Gasteiger partial charge < -0.3 is 15.2 Å². The summed E-state index contributed by atoms with van der Waals surface area (Å²) in [6.07, 6.45) is 0.206. The molecule has 0 aliphatic rings. The molecule has 0 heterocycles. The first-order chi connectivity index (χ1) is 13.3. The number of carboxylic acid groups (broad SMARTS) is 1. The molecule has 2 aromatic carbocycles. The molecule has 0 spiro atoms. The number of aryl methyl sites for hydroxylation is 1. The van der Waals surface area contributed by atoms with Crippen molar-refractivity contribution in [3.63, 3.8) is 0 Å². The fourth-order valence-electron chi connectivity index (χ4n) is 2.72. The van der Waals surface area contributed by atoms with Crippen LogP contribution in [0.1, 0.15) is 28.4 Å². The molecule has 0 saturated heterocycles. The summed E-state index contributed by atoms with van der Waals surface area (Å²) in [6, 6.07) is 11.3. The molecule has 2 aromatic rings. The SMILES string of the molecule is CCOc1ccc(CC(CNC(=O)c2cc(C)ccc2[N+](=O)[O-])C(=O)O)cc1. The van der Waals surface area contributed by atoms with E-state index in [4.69, 9.17) is 4.74 Å². The Morgan fingerprint density at radius 2 is 1.89 bits per heavy atom. The van der Waals surface area contributed by atoms with Crippen molar-refractivity contribution in [1.29, 1.82) is 0 Å². The molecule has 8 nitrogen and oxygen atoms in total. The van der Waals surface area contributed by atoms with Crippen molar-refractivity contribution in [1.82, 2.24) is 5.32 Å². The standard InChI is InChI=1S/C20H22N2O6/c1-3-28-16-7-5-14(6-8-16)11-15(20(24)25)12-21-19(23)17-10-13(2)4-9-18(17)22(26)27/h4-10,15H,3,11-12H2,1-2H3,(H,21,23)(H,24,25). The summed E-state index contributed by atoms with van der Waals surface area (Å²) in [5.74, 6) is -1.91. The number of rotatable bonds is 9. The molecule has 1 unspecified atom stereocenters. The number of nitrogens with zero attached hydrogens (tertiary/aromatic N) is 1. The van der Waals surface area contributed by atoms with Gasteiger partial charge in [-0.3, -0.25) is 19.7 Å². The molecule has 0 saturated carbocycles. The van der Waals surface area contributed by atoms with Gasteiger partial charge in [0.25, 0.3) is 11.6 Å². The van der Waals surface area contributed by atoms with E-state index in [9.17, 15) is 24.8 Å². The average molecular weight is 386 g/mol. The van der Waals surface area contributed by atoms with E-state index in [1.165, 1.54) is 12.1 Å². The number of aliphatic carboxylic acids is 1. The number of amides is 1. The smallest absolute Gasteiger partial charge is 0.308 e. The van der Waals surface area contributed by atoms with E-state index in [0.29, 0.717) is 17.9 Å². The minimum absolute atomic E-state index is 0.0878. The summed E-state index contributed by atoms with van der Waals surface area (Å²) in [4.78, 5) is 34.4. The number of nitrogens with one attached hydrogen (secondary N) is 1. The van der Waals surface area contributed by atoms with Crippen molar-refractivity contribution in [3.8, 4) is 5.75 Å². The van der Waals surface area contributed by atoms with Crippen LogP contribution >= 0.6 is 0 Å². The molecule has 0 aliphatic heterocycles. The first-order valence-electron chi connectivity index (χ1n) is 8.79. The average Bonchev–Trinajstić information content (AvgIpc) is 2.65. The van der Waals surface area contributed by atoms with Gasteiger partial charge in [-0.2, -0.15) is 0 Å². The number of nitro benzene ring substituents is 1. The fraction of sp³-hybridized carbons (Fsp3) is 0.300. The molecule has 0 fully saturated rings. The first kappa shape index (κ1) is 20.9. The molecule has 0 aliphatic carbocycles. The van der Waals surface area contributed by atoms with E-state index in [-0.39, 0.29) is 24.2 Å². The zero-order chi connectivity index (χ0) is 20.7. The lowest BCUT2D eigenvalue weighted by Gasteiger charge is -2.14. The maximum atomic E-state index is 12.4. The number of hydrogen-bond donors (Lipinski definition) is 2. The van der Waals surface area contributed by atoms with Crippen LogP contribution in [0.5, 0.6) is 5.75 Å². The number of benzene rings is 2. The summed E-state index contributed by atoms with van der Waals surface area (Å²) in [7, 11) is 0. The van der Waals surface area contributed by atoms with Crippen LogP contribution in [0.15, 0.2) is 42.5 Å². The molecule has 0 radical (unpaired) electrons. The van der Waals surface area contributed by atoms with Gasteiger partial charge in [-0.25, -0.2) is 0 Å². The Morgan fingerprint density at radius 3 is 2.46 bits per heavy atom. The second kappa shape index (κ2) is 9.50. The Balaban J connectivity index is 2.07. The van der Waals surface area contributed by atoms with Crippen molar-refractivity contribution in [2.45, 2.75) is 20.3 Å². The molecule has 8 heteroatoms. The van der Waals surface area contributed by atoms with Crippen molar-refractivity contribution in [2.75, 3.05) is 13.2 Å². The first-order valence-corrected chi connectivity index (χ1v) is 8.79. The van der Waals surface area contributed by atoms with Crippen LogP contribution in [0.25, 0.3) is 0 Å². The number of hydrogen-bond acceptors (Lipinski definition) is 5.